The van der Waals surface area contributed by atoms with Crippen molar-refractivity contribution in [2.24, 2.45) is 10.9 Å². The quantitative estimate of drug-likeness (QED) is 0.0738. The van der Waals surface area contributed by atoms with E-state index in [1.54, 1.807) is 26.8 Å². The number of ether oxygens (including phenoxy) is 3. The summed E-state index contributed by atoms with van der Waals surface area (Å²) in [5, 5.41) is 7.79. The standard InChI is InChI=1S/C44H51N3O7/c1-10-45-35-22-37-33(20-27(35)5)39(34-21-28(6)36(46-11-2)23-38(34)53-37)31-14-12-13-15-32(31)41(48)51-24-29-16-18-30(19-17-29)25-52-42(49)40(26(3)4)47-43(50)54-44(7,8)9/h12-23,26,40,45H,10-11,24-25H2,1-9H3,(H,47,50)/t40-/m0/s1. The van der Waals surface area contributed by atoms with Crippen LogP contribution in [0, 0.1) is 19.8 Å². The van der Waals surface area contributed by atoms with Crippen LogP contribution in [-0.4, -0.2) is 42.8 Å². The molecule has 1 heterocycles. The van der Waals surface area contributed by atoms with Gasteiger partial charge in [0.05, 0.1) is 10.9 Å². The predicted octanol–water partition coefficient (Wildman–Crippen LogP) is 9.12. The molecule has 284 valence electrons. The zero-order valence-electron chi connectivity index (χ0n) is 32.7. The number of nitrogens with one attached hydrogen (secondary N) is 2. The SMILES string of the molecule is CCN=c1cc2oc3cc(NCC)c(C)cc3c(-c3ccccc3C(=O)OCc3ccc(COC(=O)[C@@H](NC(=O)OC(C)(C)C)C(C)C)cc3)c-2cc1C. The van der Waals surface area contributed by atoms with Gasteiger partial charge in [0.25, 0.3) is 0 Å². The highest BCUT2D eigenvalue weighted by Crippen LogP contribution is 2.43. The van der Waals surface area contributed by atoms with E-state index in [0.29, 0.717) is 23.5 Å². The summed E-state index contributed by atoms with van der Waals surface area (Å²) in [6, 6.07) is 22.1. The van der Waals surface area contributed by atoms with Crippen molar-refractivity contribution in [3.05, 3.63) is 106 Å². The molecular weight excluding hydrogens is 682 g/mol. The smallest absolute Gasteiger partial charge is 0.408 e. The highest BCUT2D eigenvalue weighted by atomic mass is 16.6. The maximum atomic E-state index is 13.8. The van der Waals surface area contributed by atoms with Gasteiger partial charge in [0, 0.05) is 47.4 Å². The maximum absolute atomic E-state index is 13.8. The number of amides is 1. The minimum absolute atomic E-state index is 0.0136. The number of hydrogen-bond donors (Lipinski definition) is 2. The summed E-state index contributed by atoms with van der Waals surface area (Å²) in [6.45, 7) is 18.5. The van der Waals surface area contributed by atoms with E-state index in [4.69, 9.17) is 18.6 Å². The summed E-state index contributed by atoms with van der Waals surface area (Å²) in [5.41, 5.74) is 7.50. The lowest BCUT2D eigenvalue weighted by molar-refractivity contribution is -0.148. The minimum Gasteiger partial charge on any atom is -0.459 e. The monoisotopic (exact) mass is 733 g/mol. The molecule has 2 N–H and O–H groups in total. The Bertz CT molecular complexity index is 2180. The van der Waals surface area contributed by atoms with Crippen LogP contribution in [0.4, 0.5) is 10.5 Å². The lowest BCUT2D eigenvalue weighted by atomic mass is 9.89. The van der Waals surface area contributed by atoms with Crippen molar-refractivity contribution in [2.75, 3.05) is 18.4 Å². The molecule has 0 radical (unpaired) electrons. The number of carbonyl (C=O) groups excluding carboxylic acids is 3. The second-order valence-electron chi connectivity index (χ2n) is 14.7. The van der Waals surface area contributed by atoms with Crippen LogP contribution in [0.5, 0.6) is 0 Å². The third-order valence-corrected chi connectivity index (χ3v) is 8.86. The fraction of sp³-hybridized carbons (Fsp3) is 0.364. The fourth-order valence-corrected chi connectivity index (χ4v) is 6.21. The first-order valence-corrected chi connectivity index (χ1v) is 18.5. The predicted molar refractivity (Wildman–Crippen MR) is 211 cm³/mol. The number of benzene rings is 4. The molecule has 0 saturated carbocycles. The number of aryl methyl sites for hydroxylation is 2. The Hall–Kier alpha value is -5.64. The van der Waals surface area contributed by atoms with Gasteiger partial charge < -0.3 is 29.3 Å². The van der Waals surface area contributed by atoms with E-state index >= 15 is 0 Å². The van der Waals surface area contributed by atoms with Gasteiger partial charge in [0.1, 0.15) is 36.2 Å². The van der Waals surface area contributed by atoms with E-state index in [0.717, 1.165) is 61.9 Å². The summed E-state index contributed by atoms with van der Waals surface area (Å²) in [6.07, 6.45) is -0.679. The largest absolute Gasteiger partial charge is 0.459 e. The van der Waals surface area contributed by atoms with Gasteiger partial charge in [-0.2, -0.15) is 0 Å². The molecule has 54 heavy (non-hydrogen) atoms. The number of carbonyl (C=O) groups is 3. The molecule has 0 spiro atoms. The highest BCUT2D eigenvalue weighted by molar-refractivity contribution is 6.08. The number of hydrogen-bond acceptors (Lipinski definition) is 9. The maximum Gasteiger partial charge on any atom is 0.408 e. The van der Waals surface area contributed by atoms with E-state index in [2.05, 4.69) is 41.6 Å². The van der Waals surface area contributed by atoms with Crippen molar-refractivity contribution in [1.82, 2.24) is 5.32 Å². The number of alkyl carbamates (subject to hydrolysis) is 1. The van der Waals surface area contributed by atoms with Gasteiger partial charge in [0.2, 0.25) is 0 Å². The molecule has 10 nitrogen and oxygen atoms in total. The van der Waals surface area contributed by atoms with Crippen molar-refractivity contribution < 1.29 is 33.0 Å². The van der Waals surface area contributed by atoms with Crippen LogP contribution >= 0.6 is 0 Å². The molecule has 5 rings (SSSR count). The average molecular weight is 734 g/mol. The molecule has 0 saturated heterocycles. The molecule has 1 amide bonds. The summed E-state index contributed by atoms with van der Waals surface area (Å²) < 4.78 is 23.3. The van der Waals surface area contributed by atoms with Gasteiger partial charge in [-0.1, -0.05) is 56.3 Å². The van der Waals surface area contributed by atoms with Crippen LogP contribution in [0.2, 0.25) is 0 Å². The second-order valence-corrected chi connectivity index (χ2v) is 14.7. The van der Waals surface area contributed by atoms with Gasteiger partial charge in [-0.3, -0.25) is 4.99 Å². The molecular formula is C44H51N3O7. The Morgan fingerprint density at radius 2 is 1.50 bits per heavy atom. The van der Waals surface area contributed by atoms with Gasteiger partial charge in [0.15, 0.2) is 0 Å². The first-order chi connectivity index (χ1) is 25.7. The minimum atomic E-state index is -0.861. The van der Waals surface area contributed by atoms with Gasteiger partial charge in [-0.15, -0.1) is 0 Å². The second kappa shape index (κ2) is 17.0. The third-order valence-electron chi connectivity index (χ3n) is 8.86. The number of nitrogens with zero attached hydrogens (tertiary/aromatic N) is 1. The van der Waals surface area contributed by atoms with Crippen LogP contribution in [0.15, 0.2) is 82.2 Å². The zero-order valence-corrected chi connectivity index (χ0v) is 32.7. The number of anilines is 1. The molecule has 0 unspecified atom stereocenters. The summed E-state index contributed by atoms with van der Waals surface area (Å²) in [7, 11) is 0. The van der Waals surface area contributed by atoms with E-state index in [1.165, 1.54) is 0 Å². The van der Waals surface area contributed by atoms with Crippen LogP contribution in [-0.2, 0) is 32.2 Å². The van der Waals surface area contributed by atoms with E-state index in [1.807, 2.05) is 82.3 Å². The third kappa shape index (κ3) is 9.47. The Balaban J connectivity index is 1.36. The number of fused-ring (bicyclic) bond motifs is 2. The topological polar surface area (TPSA) is 128 Å². The molecule has 0 aromatic heterocycles. The van der Waals surface area contributed by atoms with Crippen LogP contribution in [0.3, 0.4) is 0 Å². The van der Waals surface area contributed by atoms with Crippen LogP contribution < -0.4 is 16.0 Å². The number of esters is 2. The van der Waals surface area contributed by atoms with Crippen molar-refractivity contribution in [3.8, 4) is 22.5 Å². The van der Waals surface area contributed by atoms with Crippen molar-refractivity contribution >= 4 is 34.7 Å². The Morgan fingerprint density at radius 3 is 2.13 bits per heavy atom. The molecule has 1 aliphatic carbocycles. The first-order valence-electron chi connectivity index (χ1n) is 18.5. The molecule has 0 bridgehead atoms. The fourth-order valence-electron chi connectivity index (χ4n) is 6.21. The molecule has 10 heteroatoms. The van der Waals surface area contributed by atoms with E-state index in [9.17, 15) is 14.4 Å². The highest BCUT2D eigenvalue weighted by Gasteiger charge is 2.28. The van der Waals surface area contributed by atoms with E-state index in [-0.39, 0.29) is 19.1 Å². The van der Waals surface area contributed by atoms with Crippen LogP contribution in [0.25, 0.3) is 33.4 Å². The van der Waals surface area contributed by atoms with E-state index < -0.39 is 29.7 Å². The molecule has 3 aromatic carbocycles. The Morgan fingerprint density at radius 1 is 0.833 bits per heavy atom. The van der Waals surface area contributed by atoms with Gasteiger partial charge in [-0.05, 0) is 100 Å². The summed E-state index contributed by atoms with van der Waals surface area (Å²) in [4.78, 5) is 43.7. The van der Waals surface area contributed by atoms with Crippen molar-refractivity contribution in [1.29, 1.82) is 0 Å². The van der Waals surface area contributed by atoms with Gasteiger partial charge >= 0.3 is 18.0 Å². The Labute approximate surface area is 317 Å². The molecule has 0 fully saturated rings. The zero-order chi connectivity index (χ0) is 39.2. The first kappa shape index (κ1) is 39.6. The Kier molecular flexibility index (Phi) is 12.5. The van der Waals surface area contributed by atoms with Crippen molar-refractivity contribution in [3.63, 3.8) is 0 Å². The number of rotatable bonds is 12. The lowest BCUT2D eigenvalue weighted by Gasteiger charge is -2.24. The molecule has 1 atom stereocenters. The normalized spacial score (nSPS) is 12.5. The average Bonchev–Trinajstić information content (AvgIpc) is 3.12. The van der Waals surface area contributed by atoms with Crippen LogP contribution in [0.1, 0.15) is 81.1 Å². The lowest BCUT2D eigenvalue weighted by Crippen LogP contribution is -2.47. The van der Waals surface area contributed by atoms with Gasteiger partial charge in [-0.25, -0.2) is 14.4 Å². The summed E-state index contributed by atoms with van der Waals surface area (Å²) in [5.74, 6) is -0.548. The summed E-state index contributed by atoms with van der Waals surface area (Å²) >= 11 is 0. The molecule has 1 aliphatic heterocycles. The molecule has 2 aliphatic rings. The molecule has 3 aromatic rings. The van der Waals surface area contributed by atoms with Crippen molar-refractivity contribution in [2.45, 2.75) is 87.2 Å².